The van der Waals surface area contributed by atoms with Gasteiger partial charge in [0, 0.05) is 0 Å². The third kappa shape index (κ3) is 1.78. The van der Waals surface area contributed by atoms with E-state index in [0.29, 0.717) is 4.90 Å². The highest BCUT2D eigenvalue weighted by Gasteiger charge is 2.04. The summed E-state index contributed by atoms with van der Waals surface area (Å²) in [5.41, 5.74) is 0.801. The molecule has 0 fully saturated rings. The highest BCUT2D eigenvalue weighted by atomic mass is 32.2. The van der Waals surface area contributed by atoms with Gasteiger partial charge in [0.15, 0.2) is 0 Å². The van der Waals surface area contributed by atoms with Gasteiger partial charge in [0.05, 0.1) is 4.90 Å². The molecule has 3 nitrogen and oxygen atoms in total. The van der Waals surface area contributed by atoms with E-state index >= 15 is 0 Å². The number of nitrogens with one attached hydrogen (secondary N) is 1. The van der Waals surface area contributed by atoms with Gasteiger partial charge >= 0.3 is 0 Å². The smallest absolute Gasteiger partial charge is 0.132 e. The van der Waals surface area contributed by atoms with Gasteiger partial charge in [0.2, 0.25) is 0 Å². The molecular formula is C7H10N2OS. The van der Waals surface area contributed by atoms with Crippen LogP contribution in [0.5, 0.6) is 0 Å². The molecule has 0 bridgehead atoms. The third-order valence-corrected chi connectivity index (χ3v) is 2.53. The van der Waals surface area contributed by atoms with Crippen molar-refractivity contribution in [1.82, 2.24) is 0 Å². The van der Waals surface area contributed by atoms with Crippen molar-refractivity contribution in [3.63, 3.8) is 0 Å². The average molecular weight is 170 g/mol. The molecule has 1 aromatic rings. The first-order valence-electron chi connectivity index (χ1n) is 3.14. The Morgan fingerprint density at radius 3 is 2.36 bits per heavy atom. The van der Waals surface area contributed by atoms with Crippen molar-refractivity contribution in [1.29, 1.82) is 4.78 Å². The van der Waals surface area contributed by atoms with E-state index in [0.717, 1.165) is 5.56 Å². The van der Waals surface area contributed by atoms with Gasteiger partial charge in [-0.2, -0.15) is 0 Å². The summed E-state index contributed by atoms with van der Waals surface area (Å²) in [6.07, 6.45) is 0. The highest BCUT2D eigenvalue weighted by molar-refractivity contribution is 7.90. The Bertz CT molecular complexity index is 356. The first-order valence-corrected chi connectivity index (χ1v) is 4.76. The van der Waals surface area contributed by atoms with Crippen LogP contribution in [0.25, 0.3) is 0 Å². The molecule has 0 saturated carbocycles. The molecule has 60 valence electrons. The van der Waals surface area contributed by atoms with Crippen molar-refractivity contribution in [2.45, 2.75) is 11.8 Å². The van der Waals surface area contributed by atoms with Gasteiger partial charge in [-0.3, -0.25) is 0 Å². The predicted octanol–water partition coefficient (Wildman–Crippen LogP) is 1.27. The van der Waals surface area contributed by atoms with E-state index in [4.69, 9.17) is 9.92 Å². The zero-order chi connectivity index (χ0) is 8.48. The largest absolute Gasteiger partial charge is 0.241 e. The van der Waals surface area contributed by atoms with Crippen LogP contribution in [0.15, 0.2) is 29.2 Å². The van der Waals surface area contributed by atoms with E-state index in [9.17, 15) is 4.21 Å². The second kappa shape index (κ2) is 2.64. The summed E-state index contributed by atoms with van der Waals surface area (Å²) in [6, 6.07) is 6.95. The minimum Gasteiger partial charge on any atom is -0.241 e. The van der Waals surface area contributed by atoms with Gasteiger partial charge in [-0.15, -0.1) is 0 Å². The Balaban J connectivity index is 3.37. The molecule has 0 aromatic heterocycles. The van der Waals surface area contributed by atoms with E-state index in [1.165, 1.54) is 0 Å². The molecule has 1 atom stereocenters. The van der Waals surface area contributed by atoms with Crippen LogP contribution in [0.3, 0.4) is 0 Å². The molecule has 0 radical (unpaired) electrons. The molecule has 0 aliphatic rings. The SMILES string of the molecule is Cc1ccccc1S(=N)(N)=O. The standard InChI is InChI=1S/C7H10N2OS/c1-6-4-2-3-5-7(6)11(8,9)10/h2-5H,1H3,(H3,8,9,10). The summed E-state index contributed by atoms with van der Waals surface area (Å²) in [6.45, 7) is 1.79. The zero-order valence-electron chi connectivity index (χ0n) is 6.20. The Morgan fingerprint density at radius 2 is 2.00 bits per heavy atom. The average Bonchev–Trinajstić information content (AvgIpc) is 1.86. The van der Waals surface area contributed by atoms with Crippen LogP contribution in [0.1, 0.15) is 5.56 Å². The number of hydrogen-bond donors (Lipinski definition) is 2. The molecule has 0 amide bonds. The van der Waals surface area contributed by atoms with E-state index in [2.05, 4.69) is 0 Å². The fourth-order valence-electron chi connectivity index (χ4n) is 0.897. The summed E-state index contributed by atoms with van der Waals surface area (Å²) in [7, 11) is -3.03. The molecule has 4 heteroatoms. The lowest BCUT2D eigenvalue weighted by Crippen LogP contribution is -2.11. The molecule has 1 unspecified atom stereocenters. The maximum Gasteiger partial charge on any atom is 0.132 e. The molecule has 0 spiro atoms. The first-order chi connectivity index (χ1) is 5.02. The van der Waals surface area contributed by atoms with Gasteiger partial charge < -0.3 is 0 Å². The second-order valence-corrected chi connectivity index (χ2v) is 4.01. The Morgan fingerprint density at radius 1 is 1.45 bits per heavy atom. The van der Waals surface area contributed by atoms with Crippen LogP contribution in [0, 0.1) is 11.7 Å². The Kier molecular flexibility index (Phi) is 1.97. The van der Waals surface area contributed by atoms with Crippen molar-refractivity contribution < 1.29 is 4.21 Å². The van der Waals surface area contributed by atoms with Gasteiger partial charge in [-0.25, -0.2) is 14.1 Å². The number of nitrogens with two attached hydrogens (primary N) is 1. The quantitative estimate of drug-likeness (QED) is 0.655. The lowest BCUT2D eigenvalue weighted by atomic mass is 10.2. The summed E-state index contributed by atoms with van der Waals surface area (Å²) in [4.78, 5) is 0.417. The molecule has 1 rings (SSSR count). The van der Waals surface area contributed by atoms with Gasteiger partial charge in [-0.1, -0.05) is 18.2 Å². The van der Waals surface area contributed by atoms with E-state index in [1.807, 2.05) is 6.07 Å². The van der Waals surface area contributed by atoms with Crippen LogP contribution in [0.4, 0.5) is 0 Å². The Hall–Kier alpha value is -0.870. The maximum absolute atomic E-state index is 11.1. The summed E-state index contributed by atoms with van der Waals surface area (Å²) in [5.74, 6) is 0. The molecule has 0 heterocycles. The van der Waals surface area contributed by atoms with E-state index in [-0.39, 0.29) is 0 Å². The van der Waals surface area contributed by atoms with Crippen molar-refractivity contribution >= 4 is 9.92 Å². The minimum atomic E-state index is -3.03. The molecule has 3 N–H and O–H groups in total. The molecule has 1 aromatic carbocycles. The first kappa shape index (κ1) is 8.23. The lowest BCUT2D eigenvalue weighted by molar-refractivity contribution is 0.675. The maximum atomic E-state index is 11.1. The van der Waals surface area contributed by atoms with Crippen LogP contribution in [-0.2, 0) is 9.92 Å². The highest BCUT2D eigenvalue weighted by Crippen LogP contribution is 2.11. The molecule has 0 saturated heterocycles. The predicted molar refractivity (Wildman–Crippen MR) is 44.5 cm³/mol. The van der Waals surface area contributed by atoms with Crippen molar-refractivity contribution in [3.05, 3.63) is 29.8 Å². The van der Waals surface area contributed by atoms with E-state index < -0.39 is 9.92 Å². The zero-order valence-corrected chi connectivity index (χ0v) is 7.02. The summed E-state index contributed by atoms with van der Waals surface area (Å²) < 4.78 is 18.2. The number of rotatable bonds is 1. The molecule has 0 aliphatic heterocycles. The number of hydrogen-bond acceptors (Lipinski definition) is 2. The van der Waals surface area contributed by atoms with Crippen molar-refractivity contribution in [2.24, 2.45) is 5.14 Å². The second-order valence-electron chi connectivity index (χ2n) is 2.37. The van der Waals surface area contributed by atoms with Gasteiger partial charge in [0.25, 0.3) is 0 Å². The number of aryl methyl sites for hydroxylation is 1. The fraction of sp³-hybridized carbons (Fsp3) is 0.143. The van der Waals surface area contributed by atoms with Crippen molar-refractivity contribution in [2.75, 3.05) is 0 Å². The van der Waals surface area contributed by atoms with Crippen LogP contribution >= 0.6 is 0 Å². The van der Waals surface area contributed by atoms with Gasteiger partial charge in [0.1, 0.15) is 9.92 Å². The number of benzene rings is 1. The van der Waals surface area contributed by atoms with Crippen LogP contribution in [0.2, 0.25) is 0 Å². The minimum absolute atomic E-state index is 0.417. The fourth-order valence-corrected chi connectivity index (χ4v) is 1.72. The van der Waals surface area contributed by atoms with Crippen molar-refractivity contribution in [3.8, 4) is 0 Å². The van der Waals surface area contributed by atoms with Crippen LogP contribution in [-0.4, -0.2) is 4.21 Å². The monoisotopic (exact) mass is 170 g/mol. The third-order valence-electron chi connectivity index (χ3n) is 1.42. The normalized spacial score (nSPS) is 15.8. The van der Waals surface area contributed by atoms with E-state index in [1.54, 1.807) is 25.1 Å². The van der Waals surface area contributed by atoms with Gasteiger partial charge in [-0.05, 0) is 18.6 Å². The molecule has 11 heavy (non-hydrogen) atoms. The lowest BCUT2D eigenvalue weighted by Gasteiger charge is -2.03. The Labute approximate surface area is 66.3 Å². The topological polar surface area (TPSA) is 66.9 Å². The molecule has 0 aliphatic carbocycles. The van der Waals surface area contributed by atoms with Crippen LogP contribution < -0.4 is 5.14 Å². The summed E-state index contributed by atoms with van der Waals surface area (Å²) in [5, 5.41) is 5.15. The molecular weight excluding hydrogens is 160 g/mol. The summed E-state index contributed by atoms with van der Waals surface area (Å²) >= 11 is 0.